The summed E-state index contributed by atoms with van der Waals surface area (Å²) in [6.07, 6.45) is -5.83. The number of pyridine rings is 1. The highest BCUT2D eigenvalue weighted by Crippen LogP contribution is 2.23. The maximum atomic E-state index is 12.3. The summed E-state index contributed by atoms with van der Waals surface area (Å²) in [4.78, 5) is 36.7. The molecule has 0 aromatic carbocycles. The lowest BCUT2D eigenvalue weighted by atomic mass is 10.0. The molecule has 0 fully saturated rings. The van der Waals surface area contributed by atoms with Crippen LogP contribution in [0.25, 0.3) is 0 Å². The number of hydrogen-bond acceptors (Lipinski definition) is 7. The zero-order valence-electron chi connectivity index (χ0n) is 22.0. The Morgan fingerprint density at radius 1 is 1.02 bits per heavy atom. The van der Waals surface area contributed by atoms with Crippen LogP contribution in [-0.2, 0) is 38.8 Å². The third-order valence-electron chi connectivity index (χ3n) is 5.31. The van der Waals surface area contributed by atoms with Crippen LogP contribution in [0.3, 0.4) is 0 Å². The first-order chi connectivity index (χ1) is 19.1. The van der Waals surface area contributed by atoms with E-state index in [2.05, 4.69) is 38.1 Å². The van der Waals surface area contributed by atoms with Crippen molar-refractivity contribution in [2.45, 2.75) is 38.4 Å². The molecule has 2 aromatic heterocycles. The molecule has 0 radical (unpaired) electrons. The molecule has 3 N–H and O–H groups in total. The molecule has 3 heterocycles. The Morgan fingerprint density at radius 2 is 1.63 bits per heavy atom. The molecule has 2 aromatic rings. The van der Waals surface area contributed by atoms with Crippen LogP contribution in [0.4, 0.5) is 26.3 Å². The van der Waals surface area contributed by atoms with Crippen molar-refractivity contribution < 1.29 is 60.4 Å². The third kappa shape index (κ3) is 13.4. The minimum Gasteiger partial charge on any atom is -0.481 e. The maximum absolute atomic E-state index is 12.3. The Hall–Kier alpha value is -3.86. The molecular formula is C24H30F6N4O7. The van der Waals surface area contributed by atoms with Gasteiger partial charge in [-0.2, -0.15) is 26.3 Å². The van der Waals surface area contributed by atoms with Gasteiger partial charge in [0, 0.05) is 69.9 Å². The number of aromatic nitrogens is 2. The van der Waals surface area contributed by atoms with Crippen molar-refractivity contribution in [3.8, 4) is 5.88 Å². The minimum atomic E-state index is -5.08. The van der Waals surface area contributed by atoms with Crippen LogP contribution in [0.1, 0.15) is 17.7 Å². The van der Waals surface area contributed by atoms with Gasteiger partial charge in [-0.15, -0.1) is 0 Å². The van der Waals surface area contributed by atoms with Crippen molar-refractivity contribution in [2.24, 2.45) is 5.92 Å². The number of carboxylic acids is 2. The van der Waals surface area contributed by atoms with Crippen LogP contribution >= 0.6 is 0 Å². The van der Waals surface area contributed by atoms with Crippen molar-refractivity contribution >= 4 is 17.8 Å². The van der Waals surface area contributed by atoms with Gasteiger partial charge in [0.1, 0.15) is 0 Å². The maximum Gasteiger partial charge on any atom is 0.490 e. The summed E-state index contributed by atoms with van der Waals surface area (Å²) >= 11 is 0. The van der Waals surface area contributed by atoms with Crippen molar-refractivity contribution in [1.82, 2.24) is 19.8 Å². The fraction of sp³-hybridized carbons (Fsp3) is 0.500. The number of hydrogen-bond donors (Lipinski definition) is 3. The second-order valence-corrected chi connectivity index (χ2v) is 8.51. The number of methoxy groups -OCH3 is 2. The van der Waals surface area contributed by atoms with Crippen LogP contribution in [0, 0.1) is 5.92 Å². The van der Waals surface area contributed by atoms with Crippen LogP contribution in [0.15, 0.2) is 36.7 Å². The number of rotatable bonds is 8. The van der Waals surface area contributed by atoms with Gasteiger partial charge in [0.2, 0.25) is 11.8 Å². The van der Waals surface area contributed by atoms with E-state index in [0.29, 0.717) is 25.5 Å². The summed E-state index contributed by atoms with van der Waals surface area (Å²) in [5.74, 6) is -4.54. The average molecular weight is 601 g/mol. The smallest absolute Gasteiger partial charge is 0.481 e. The summed E-state index contributed by atoms with van der Waals surface area (Å²) in [6, 6.07) is 8.19. The molecule has 1 amide bonds. The van der Waals surface area contributed by atoms with Gasteiger partial charge < -0.3 is 29.6 Å². The number of alkyl halides is 6. The van der Waals surface area contributed by atoms with Crippen molar-refractivity contribution in [2.75, 3.05) is 33.9 Å². The van der Waals surface area contributed by atoms with E-state index in [1.54, 1.807) is 20.4 Å². The second-order valence-electron chi connectivity index (χ2n) is 8.51. The molecule has 0 saturated heterocycles. The Labute approximate surface area is 230 Å². The van der Waals surface area contributed by atoms with Crippen LogP contribution in [0.2, 0.25) is 0 Å². The van der Waals surface area contributed by atoms with Gasteiger partial charge in [-0.3, -0.25) is 9.69 Å². The SMILES string of the molecule is COCCNC(=O)CC1CN(Cc2cccnc2OC)Cc2cccn2C1.O=C(O)C(F)(F)F.O=C(O)C(F)(F)F. The topological polar surface area (TPSA) is 143 Å². The van der Waals surface area contributed by atoms with Gasteiger partial charge in [-0.05, 0) is 24.1 Å². The van der Waals surface area contributed by atoms with Gasteiger partial charge in [0.05, 0.1) is 13.7 Å². The van der Waals surface area contributed by atoms with Crippen LogP contribution in [0.5, 0.6) is 5.88 Å². The van der Waals surface area contributed by atoms with E-state index in [1.165, 1.54) is 5.69 Å². The van der Waals surface area contributed by atoms with Crippen molar-refractivity contribution in [3.63, 3.8) is 0 Å². The van der Waals surface area contributed by atoms with Crippen molar-refractivity contribution in [3.05, 3.63) is 47.9 Å². The normalized spacial score (nSPS) is 15.2. The number of nitrogens with one attached hydrogen (secondary N) is 1. The molecule has 11 nitrogen and oxygen atoms in total. The summed E-state index contributed by atoms with van der Waals surface area (Å²) < 4.78 is 76.1. The largest absolute Gasteiger partial charge is 0.490 e. The molecule has 1 unspecified atom stereocenters. The lowest BCUT2D eigenvalue weighted by molar-refractivity contribution is -0.193. The lowest BCUT2D eigenvalue weighted by Crippen LogP contribution is -2.33. The number of amides is 1. The van der Waals surface area contributed by atoms with E-state index in [1.807, 2.05) is 12.1 Å². The lowest BCUT2D eigenvalue weighted by Gasteiger charge is -2.24. The summed E-state index contributed by atoms with van der Waals surface area (Å²) in [5, 5.41) is 17.2. The molecule has 0 aliphatic carbocycles. The first-order valence-electron chi connectivity index (χ1n) is 11.8. The van der Waals surface area contributed by atoms with Gasteiger partial charge in [-0.25, -0.2) is 14.6 Å². The number of aliphatic carboxylic acids is 2. The predicted octanol–water partition coefficient (Wildman–Crippen LogP) is 2.94. The fourth-order valence-corrected chi connectivity index (χ4v) is 3.61. The quantitative estimate of drug-likeness (QED) is 0.308. The number of halogens is 6. The molecule has 41 heavy (non-hydrogen) atoms. The molecule has 0 spiro atoms. The van der Waals surface area contributed by atoms with Gasteiger partial charge in [-0.1, -0.05) is 6.07 Å². The average Bonchev–Trinajstić information content (AvgIpc) is 3.23. The van der Waals surface area contributed by atoms with E-state index in [-0.39, 0.29) is 11.8 Å². The van der Waals surface area contributed by atoms with Gasteiger partial charge in [0.25, 0.3) is 0 Å². The number of carbonyl (C=O) groups is 3. The molecule has 0 saturated carbocycles. The van der Waals surface area contributed by atoms with E-state index in [9.17, 15) is 31.1 Å². The van der Waals surface area contributed by atoms with E-state index in [4.69, 9.17) is 29.3 Å². The van der Waals surface area contributed by atoms with E-state index in [0.717, 1.165) is 31.7 Å². The van der Waals surface area contributed by atoms with Crippen LogP contribution < -0.4 is 10.1 Å². The highest BCUT2D eigenvalue weighted by molar-refractivity contribution is 5.76. The molecule has 1 aliphatic rings. The fourth-order valence-electron chi connectivity index (χ4n) is 3.61. The van der Waals surface area contributed by atoms with Crippen molar-refractivity contribution in [1.29, 1.82) is 0 Å². The number of ether oxygens (including phenoxy) is 2. The Balaban J connectivity index is 0.000000497. The highest BCUT2D eigenvalue weighted by Gasteiger charge is 2.38. The molecule has 230 valence electrons. The molecule has 3 rings (SSSR count). The Bertz CT molecular complexity index is 1100. The Kier molecular flexibility index (Phi) is 14.1. The Morgan fingerprint density at radius 3 is 2.17 bits per heavy atom. The van der Waals surface area contributed by atoms with Gasteiger partial charge in [0.15, 0.2) is 0 Å². The number of fused-ring (bicyclic) bond motifs is 1. The third-order valence-corrected chi connectivity index (χ3v) is 5.31. The first kappa shape index (κ1) is 35.2. The second kappa shape index (κ2) is 16.4. The summed E-state index contributed by atoms with van der Waals surface area (Å²) in [6.45, 7) is 4.35. The number of carbonyl (C=O) groups excluding carboxylic acids is 1. The monoisotopic (exact) mass is 600 g/mol. The number of carboxylic acid groups (broad SMARTS) is 2. The van der Waals surface area contributed by atoms with E-state index < -0.39 is 24.3 Å². The molecule has 17 heteroatoms. The molecular weight excluding hydrogens is 570 g/mol. The van der Waals surface area contributed by atoms with E-state index >= 15 is 0 Å². The summed E-state index contributed by atoms with van der Waals surface area (Å²) in [5.41, 5.74) is 2.32. The zero-order chi connectivity index (χ0) is 31.2. The summed E-state index contributed by atoms with van der Waals surface area (Å²) in [7, 11) is 3.28. The minimum absolute atomic E-state index is 0.0755. The zero-order valence-corrected chi connectivity index (χ0v) is 22.0. The molecule has 1 aliphatic heterocycles. The highest BCUT2D eigenvalue weighted by atomic mass is 19.4. The molecule has 0 bridgehead atoms. The standard InChI is InChI=1S/C20H28N4O3.2C2HF3O2/c1-26-10-8-21-19(25)11-16-12-23(15-18-6-4-9-24(18)13-16)14-17-5-3-7-22-20(17)27-2;2*3-2(4,5)1(6)7/h3-7,9,16H,8,10-15H2,1-2H3,(H,21,25);2*(H,6,7). The first-order valence-corrected chi connectivity index (χ1v) is 11.8. The predicted molar refractivity (Wildman–Crippen MR) is 130 cm³/mol. The molecule has 1 atom stereocenters. The number of nitrogens with zero attached hydrogens (tertiary/aromatic N) is 3. The van der Waals surface area contributed by atoms with Crippen LogP contribution in [-0.4, -0.2) is 88.8 Å². The van der Waals surface area contributed by atoms with Gasteiger partial charge >= 0.3 is 24.3 Å².